The van der Waals surface area contributed by atoms with Crippen LogP contribution in [0.1, 0.15) is 356 Å². The Labute approximate surface area is 729 Å². The SMILES string of the molecule is CCCCCCC(=O)OCCCCC(CN(CCCC(=O)OCCN1CC(C)N(CCOC(=O)CCCN(CC(CCCCOC(=O)CCCCCC)O[Si](C)(C)C(C)(C)C)CC(CCCCOC(=O)CCCCCC)O[Si](C)(C)C(C)(C)C)CC1C)CC(CCCCOC(=O)CCCCCC)O[Si](C)(C)C(C)(C)C)O[Si](C)(C)C(C)(C)C. The van der Waals surface area contributed by atoms with Crippen LogP contribution in [0.25, 0.3) is 0 Å². The molecule has 6 atom stereocenters. The Balaban J connectivity index is 3.33. The first-order valence-corrected chi connectivity index (χ1v) is 59.4. The molecule has 0 N–H and O–H groups in total. The summed E-state index contributed by atoms with van der Waals surface area (Å²) in [7, 11) is -8.98. The van der Waals surface area contributed by atoms with Crippen LogP contribution in [0.3, 0.4) is 0 Å². The second kappa shape index (κ2) is 60.9. The van der Waals surface area contributed by atoms with Crippen LogP contribution in [0.5, 0.6) is 0 Å². The maximum Gasteiger partial charge on any atom is 0.305 e. The molecule has 0 aromatic carbocycles. The number of nitrogens with zero attached hydrogens (tertiary/aromatic N) is 4. The van der Waals surface area contributed by atoms with Gasteiger partial charge in [-0.15, -0.1) is 0 Å². The summed E-state index contributed by atoms with van der Waals surface area (Å²) < 4.78 is 64.3. The maximum atomic E-state index is 13.8. The van der Waals surface area contributed by atoms with Crippen LogP contribution in [-0.4, -0.2) is 230 Å². The molecule has 1 aliphatic rings. The van der Waals surface area contributed by atoms with E-state index < -0.39 is 33.3 Å². The van der Waals surface area contributed by atoms with E-state index >= 15 is 0 Å². The largest absolute Gasteiger partial charge is 0.466 e. The second-order valence-electron chi connectivity index (χ2n) is 41.0. The van der Waals surface area contributed by atoms with Crippen LogP contribution in [0.4, 0.5) is 0 Å². The van der Waals surface area contributed by atoms with Gasteiger partial charge < -0.3 is 46.1 Å². The van der Waals surface area contributed by atoms with E-state index in [9.17, 15) is 28.8 Å². The van der Waals surface area contributed by atoms with Crippen molar-refractivity contribution in [3.63, 3.8) is 0 Å². The molecule has 1 heterocycles. The van der Waals surface area contributed by atoms with E-state index in [2.05, 4.69) is 197 Å². The monoisotopic (exact) mass is 1740 g/mol. The fourth-order valence-corrected chi connectivity index (χ4v) is 19.5. The van der Waals surface area contributed by atoms with Crippen molar-refractivity contribution >= 4 is 69.1 Å². The van der Waals surface area contributed by atoms with E-state index in [4.69, 9.17) is 46.1 Å². The van der Waals surface area contributed by atoms with Gasteiger partial charge in [-0.25, -0.2) is 0 Å². The van der Waals surface area contributed by atoms with Crippen LogP contribution in [0.15, 0.2) is 0 Å². The molecule has 6 unspecified atom stereocenters. The minimum Gasteiger partial charge on any atom is -0.466 e. The normalized spacial score (nSPS) is 16.3. The van der Waals surface area contributed by atoms with Crippen LogP contribution in [0, 0.1) is 0 Å². The zero-order valence-corrected chi connectivity index (χ0v) is 85.6. The van der Waals surface area contributed by atoms with Gasteiger partial charge >= 0.3 is 35.8 Å². The highest BCUT2D eigenvalue weighted by Crippen LogP contribution is 2.42. The zero-order valence-electron chi connectivity index (χ0n) is 81.6. The lowest BCUT2D eigenvalue weighted by Gasteiger charge is -2.44. The summed E-state index contributed by atoms with van der Waals surface area (Å²) in [6.07, 6.45) is 29.8. The van der Waals surface area contributed by atoms with E-state index in [-0.39, 0.29) is 105 Å². The summed E-state index contributed by atoms with van der Waals surface area (Å²) in [5.41, 5.74) is 0. The number of unbranched alkanes of at least 4 members (excludes halogenated alkanes) is 16. The van der Waals surface area contributed by atoms with Crippen molar-refractivity contribution in [2.24, 2.45) is 0 Å². The highest BCUT2D eigenvalue weighted by molar-refractivity contribution is 6.75. The Kier molecular flexibility index (Phi) is 58.5. The van der Waals surface area contributed by atoms with Crippen LogP contribution >= 0.6 is 0 Å². The maximum absolute atomic E-state index is 13.8. The lowest BCUT2D eigenvalue weighted by Crippen LogP contribution is -2.57. The predicted molar refractivity (Wildman–Crippen MR) is 498 cm³/mol. The van der Waals surface area contributed by atoms with Crippen molar-refractivity contribution in [2.45, 2.75) is 465 Å². The fraction of sp³-hybridized carbons (Fsp3) is 0.936. The number of carbonyl (C=O) groups excluding carboxylic acids is 6. The van der Waals surface area contributed by atoms with E-state index in [1.165, 1.54) is 0 Å². The average Bonchev–Trinajstić information content (AvgIpc) is 0.844. The van der Waals surface area contributed by atoms with Gasteiger partial charge in [-0.2, -0.15) is 0 Å². The molecule has 0 aromatic rings. The second-order valence-corrected chi connectivity index (χ2v) is 60.0. The van der Waals surface area contributed by atoms with E-state index in [1.54, 1.807) is 0 Å². The van der Waals surface area contributed by atoms with Gasteiger partial charge in [0, 0.05) is 103 Å². The molecule has 1 rings (SSSR count). The molecule has 0 radical (unpaired) electrons. The summed E-state index contributed by atoms with van der Waals surface area (Å²) in [5.74, 6) is -0.862. The predicted octanol–water partition coefficient (Wildman–Crippen LogP) is 22.9. The van der Waals surface area contributed by atoms with Crippen molar-refractivity contribution in [3.05, 3.63) is 0 Å². The number of carbonyl (C=O) groups is 6. The van der Waals surface area contributed by atoms with Gasteiger partial charge in [-0.05, 0) is 215 Å². The molecule has 0 aliphatic carbocycles. The Morgan fingerprint density at radius 1 is 0.297 bits per heavy atom. The highest BCUT2D eigenvalue weighted by atomic mass is 28.4. The topological polar surface area (TPSA) is 208 Å². The smallest absolute Gasteiger partial charge is 0.305 e. The summed E-state index contributed by atoms with van der Waals surface area (Å²) in [4.78, 5) is 88.0. The molecule has 1 aliphatic heterocycles. The molecule has 0 spiro atoms. The third-order valence-electron chi connectivity index (χ3n) is 25.8. The molecule has 696 valence electrons. The van der Waals surface area contributed by atoms with Crippen LogP contribution in [0.2, 0.25) is 72.5 Å². The first kappa shape index (κ1) is 113. The standard InChI is InChI=1S/C94H188N4O16Si4/c1-27-31-35-39-57-85(99)105-67-47-43-53-81(111-115(19,20)91(7,8)9)75-95(76-82(112-116(21,22)92(10,11)12)54-44-48-68-106-86(100)58-40-36-32-28-2)63-51-61-89(103)109-71-65-97-73-80(6)98(74-79(97)5)66-72-110-90(104)62-52-64-96(77-83(113-117(23,24)93(13,14)15)55-45-49-69-107-87(101)59-41-37-33-29-3)78-84(114-118(25,26)94(16,17)18)56-46-50-70-108-88(102)60-42-38-34-30-4/h79-84H,27-78H2,1-26H3. The summed E-state index contributed by atoms with van der Waals surface area (Å²) in [6, 6.07) is 0.385. The molecule has 1 saturated heterocycles. The van der Waals surface area contributed by atoms with Crippen molar-refractivity contribution in [3.8, 4) is 0 Å². The van der Waals surface area contributed by atoms with Crippen LogP contribution < -0.4 is 0 Å². The Bertz CT molecular complexity index is 2350. The van der Waals surface area contributed by atoms with Gasteiger partial charge in [0.2, 0.25) is 0 Å². The number of hydrogen-bond donors (Lipinski definition) is 0. The summed E-state index contributed by atoms with van der Waals surface area (Å²) >= 11 is 0. The van der Waals surface area contributed by atoms with E-state index in [0.29, 0.717) is 131 Å². The molecule has 0 aromatic heterocycles. The molecule has 0 amide bonds. The molecule has 1 fully saturated rings. The lowest BCUT2D eigenvalue weighted by atomic mass is 10.1. The minimum absolute atomic E-state index is 0.0123. The fourth-order valence-electron chi connectivity index (χ4n) is 14.0. The van der Waals surface area contributed by atoms with Gasteiger partial charge in [0.1, 0.15) is 13.2 Å². The van der Waals surface area contributed by atoms with E-state index in [1.807, 2.05) is 0 Å². The molecule has 118 heavy (non-hydrogen) atoms. The lowest BCUT2D eigenvalue weighted by molar-refractivity contribution is -0.146. The number of piperazine rings is 1. The Morgan fingerprint density at radius 2 is 0.500 bits per heavy atom. The quantitative estimate of drug-likeness (QED) is 0.0240. The highest BCUT2D eigenvalue weighted by Gasteiger charge is 2.44. The molecule has 24 heteroatoms. The molecule has 20 nitrogen and oxygen atoms in total. The minimum atomic E-state index is -2.25. The van der Waals surface area contributed by atoms with Crippen molar-refractivity contribution in [1.29, 1.82) is 0 Å². The number of rotatable bonds is 70. The van der Waals surface area contributed by atoms with E-state index in [0.717, 1.165) is 193 Å². The third-order valence-corrected chi connectivity index (χ3v) is 44.0. The summed E-state index contributed by atoms with van der Waals surface area (Å²) in [5, 5.41) is -0.0490. The van der Waals surface area contributed by atoms with Crippen molar-refractivity contribution in [2.75, 3.05) is 105 Å². The first-order chi connectivity index (χ1) is 55.2. The van der Waals surface area contributed by atoms with Crippen molar-refractivity contribution < 1.29 is 74.9 Å². The van der Waals surface area contributed by atoms with Gasteiger partial charge in [0.15, 0.2) is 33.3 Å². The average molecular weight is 1740 g/mol. The number of ether oxygens (including phenoxy) is 6. The summed E-state index contributed by atoms with van der Waals surface area (Å²) in [6.45, 7) is 68.2. The molecular formula is C94H188N4O16Si4. The van der Waals surface area contributed by atoms with Gasteiger partial charge in [-0.3, -0.25) is 48.4 Å². The zero-order chi connectivity index (χ0) is 89.1. The number of esters is 6. The van der Waals surface area contributed by atoms with Gasteiger partial charge in [0.25, 0.3) is 0 Å². The van der Waals surface area contributed by atoms with Gasteiger partial charge in [-0.1, -0.05) is 188 Å². The Morgan fingerprint density at radius 3 is 0.703 bits per heavy atom. The van der Waals surface area contributed by atoms with Crippen molar-refractivity contribution in [1.82, 2.24) is 19.6 Å². The third kappa shape index (κ3) is 52.3. The van der Waals surface area contributed by atoms with Gasteiger partial charge in [0.05, 0.1) is 50.8 Å². The molecule has 0 saturated carbocycles. The Hall–Kier alpha value is -2.63. The molecule has 0 bridgehead atoms. The number of hydrogen-bond acceptors (Lipinski definition) is 20. The first-order valence-electron chi connectivity index (χ1n) is 47.8. The van der Waals surface area contributed by atoms with Crippen LogP contribution in [-0.2, 0) is 74.9 Å². The molecular weight excluding hydrogens is 1550 g/mol.